The molecule has 0 radical (unpaired) electrons. The van der Waals surface area contributed by atoms with E-state index in [1.807, 2.05) is 24.3 Å². The summed E-state index contributed by atoms with van der Waals surface area (Å²) in [6, 6.07) is 7.70. The van der Waals surface area contributed by atoms with E-state index in [1.54, 1.807) is 0 Å². The molecule has 0 unspecified atom stereocenters. The van der Waals surface area contributed by atoms with Gasteiger partial charge in [0.1, 0.15) is 0 Å². The van der Waals surface area contributed by atoms with E-state index in [2.05, 4.69) is 13.8 Å². The van der Waals surface area contributed by atoms with Gasteiger partial charge in [-0.15, -0.1) is 0 Å². The predicted molar refractivity (Wildman–Crippen MR) is 71.1 cm³/mol. The van der Waals surface area contributed by atoms with Gasteiger partial charge in [-0.3, -0.25) is 14.5 Å². The van der Waals surface area contributed by atoms with E-state index < -0.39 is 11.9 Å². The van der Waals surface area contributed by atoms with Crippen LogP contribution in [0.25, 0.3) is 0 Å². The molecular formula is C14H19NO4. The van der Waals surface area contributed by atoms with Crippen molar-refractivity contribution >= 4 is 11.9 Å². The first kappa shape index (κ1) is 15.2. The molecule has 0 bridgehead atoms. The topological polar surface area (TPSA) is 77.8 Å². The Bertz CT molecular complexity index is 441. The van der Waals surface area contributed by atoms with Crippen molar-refractivity contribution in [3.8, 4) is 0 Å². The van der Waals surface area contributed by atoms with Crippen molar-refractivity contribution in [1.82, 2.24) is 4.90 Å². The molecule has 0 aliphatic heterocycles. The Morgan fingerprint density at radius 2 is 1.63 bits per heavy atom. The van der Waals surface area contributed by atoms with Crippen molar-refractivity contribution < 1.29 is 19.8 Å². The number of rotatable bonds is 7. The molecule has 5 heteroatoms. The van der Waals surface area contributed by atoms with Crippen molar-refractivity contribution in [2.24, 2.45) is 0 Å². The first-order valence-corrected chi connectivity index (χ1v) is 6.14. The third-order valence-electron chi connectivity index (χ3n) is 2.79. The zero-order valence-electron chi connectivity index (χ0n) is 11.2. The van der Waals surface area contributed by atoms with Gasteiger partial charge in [0.05, 0.1) is 13.1 Å². The molecule has 2 N–H and O–H groups in total. The van der Waals surface area contributed by atoms with E-state index in [0.29, 0.717) is 12.5 Å². The summed E-state index contributed by atoms with van der Waals surface area (Å²) in [5, 5.41) is 17.6. The van der Waals surface area contributed by atoms with Gasteiger partial charge in [-0.2, -0.15) is 0 Å². The number of carbonyl (C=O) groups is 2. The van der Waals surface area contributed by atoms with Gasteiger partial charge in [-0.05, 0) is 17.0 Å². The van der Waals surface area contributed by atoms with Crippen molar-refractivity contribution in [3.63, 3.8) is 0 Å². The van der Waals surface area contributed by atoms with Gasteiger partial charge >= 0.3 is 11.9 Å². The van der Waals surface area contributed by atoms with Crippen LogP contribution in [-0.2, 0) is 16.1 Å². The van der Waals surface area contributed by atoms with Gasteiger partial charge in [0.25, 0.3) is 0 Å². The zero-order chi connectivity index (χ0) is 14.4. The zero-order valence-corrected chi connectivity index (χ0v) is 11.2. The minimum atomic E-state index is -1.02. The maximum Gasteiger partial charge on any atom is 0.317 e. The lowest BCUT2D eigenvalue weighted by Crippen LogP contribution is -2.34. The third-order valence-corrected chi connectivity index (χ3v) is 2.79. The van der Waals surface area contributed by atoms with Crippen LogP contribution in [0, 0.1) is 0 Å². The van der Waals surface area contributed by atoms with Gasteiger partial charge in [0, 0.05) is 6.54 Å². The van der Waals surface area contributed by atoms with E-state index in [-0.39, 0.29) is 13.1 Å². The van der Waals surface area contributed by atoms with Gasteiger partial charge < -0.3 is 10.2 Å². The molecule has 0 aliphatic carbocycles. The Kier molecular flexibility index (Phi) is 5.51. The van der Waals surface area contributed by atoms with Gasteiger partial charge in [-0.25, -0.2) is 0 Å². The minimum Gasteiger partial charge on any atom is -0.480 e. The minimum absolute atomic E-state index is 0.279. The lowest BCUT2D eigenvalue weighted by atomic mass is 9.97. The highest BCUT2D eigenvalue weighted by Gasteiger charge is 2.16. The SMILES string of the molecule is CC(C)c1ccccc1CN(CC(=O)O)CC(=O)O. The average Bonchev–Trinajstić information content (AvgIpc) is 2.27. The van der Waals surface area contributed by atoms with Crippen molar-refractivity contribution in [1.29, 1.82) is 0 Å². The number of benzene rings is 1. The molecule has 0 spiro atoms. The molecule has 0 fully saturated rings. The van der Waals surface area contributed by atoms with Crippen LogP contribution in [0.1, 0.15) is 30.9 Å². The number of hydrogen-bond acceptors (Lipinski definition) is 3. The summed E-state index contributed by atoms with van der Waals surface area (Å²) in [5.74, 6) is -1.74. The highest BCUT2D eigenvalue weighted by molar-refractivity contribution is 5.72. The molecular weight excluding hydrogens is 246 g/mol. The fourth-order valence-corrected chi connectivity index (χ4v) is 2.03. The average molecular weight is 265 g/mol. The molecule has 1 aromatic carbocycles. The highest BCUT2D eigenvalue weighted by Crippen LogP contribution is 2.20. The Hall–Kier alpha value is -1.88. The second kappa shape index (κ2) is 6.89. The predicted octanol–water partition coefficient (Wildman–Crippen LogP) is 1.78. The molecule has 5 nitrogen and oxygen atoms in total. The molecule has 0 amide bonds. The number of hydrogen-bond donors (Lipinski definition) is 2. The summed E-state index contributed by atoms with van der Waals surface area (Å²) in [7, 11) is 0. The number of carboxylic acid groups (broad SMARTS) is 2. The molecule has 0 saturated carbocycles. The van der Waals surface area contributed by atoms with Crippen molar-refractivity contribution in [2.75, 3.05) is 13.1 Å². The third kappa shape index (κ3) is 5.09. The van der Waals surface area contributed by atoms with Gasteiger partial charge in [0.15, 0.2) is 0 Å². The molecule has 19 heavy (non-hydrogen) atoms. The van der Waals surface area contributed by atoms with Crippen LogP contribution in [0.15, 0.2) is 24.3 Å². The fraction of sp³-hybridized carbons (Fsp3) is 0.429. The molecule has 1 aromatic rings. The van der Waals surface area contributed by atoms with Crippen LogP contribution < -0.4 is 0 Å². The van der Waals surface area contributed by atoms with Gasteiger partial charge in [0.2, 0.25) is 0 Å². The summed E-state index contributed by atoms with van der Waals surface area (Å²) < 4.78 is 0. The summed E-state index contributed by atoms with van der Waals surface area (Å²) >= 11 is 0. The van der Waals surface area contributed by atoms with Crippen LogP contribution in [-0.4, -0.2) is 40.1 Å². The highest BCUT2D eigenvalue weighted by atomic mass is 16.4. The summed E-state index contributed by atoms with van der Waals surface area (Å²) in [6.45, 7) is 3.87. The van der Waals surface area contributed by atoms with E-state index >= 15 is 0 Å². The second-order valence-corrected chi connectivity index (χ2v) is 4.79. The Morgan fingerprint density at radius 3 is 2.11 bits per heavy atom. The standard InChI is InChI=1S/C14H19NO4/c1-10(2)12-6-4-3-5-11(12)7-15(8-13(16)17)9-14(18)19/h3-6,10H,7-9H2,1-2H3,(H,16,17)(H,18,19). The van der Waals surface area contributed by atoms with Gasteiger partial charge in [-0.1, -0.05) is 38.1 Å². The molecule has 0 aliphatic rings. The van der Waals surface area contributed by atoms with Crippen LogP contribution in [0.3, 0.4) is 0 Å². The smallest absolute Gasteiger partial charge is 0.317 e. The van der Waals surface area contributed by atoms with E-state index in [1.165, 1.54) is 4.90 Å². The Labute approximate surface area is 112 Å². The monoisotopic (exact) mass is 265 g/mol. The van der Waals surface area contributed by atoms with Crippen LogP contribution in [0.2, 0.25) is 0 Å². The lowest BCUT2D eigenvalue weighted by Gasteiger charge is -2.21. The quantitative estimate of drug-likeness (QED) is 0.785. The second-order valence-electron chi connectivity index (χ2n) is 4.79. The number of nitrogens with zero attached hydrogens (tertiary/aromatic N) is 1. The van der Waals surface area contributed by atoms with Crippen LogP contribution >= 0.6 is 0 Å². The Balaban J connectivity index is 2.89. The summed E-state index contributed by atoms with van der Waals surface area (Å²) in [4.78, 5) is 22.9. The van der Waals surface area contributed by atoms with E-state index in [0.717, 1.165) is 11.1 Å². The maximum atomic E-state index is 10.8. The van der Waals surface area contributed by atoms with Crippen LogP contribution in [0.5, 0.6) is 0 Å². The summed E-state index contributed by atoms with van der Waals surface area (Å²) in [5.41, 5.74) is 2.09. The number of aliphatic carboxylic acids is 2. The van der Waals surface area contributed by atoms with Crippen LogP contribution in [0.4, 0.5) is 0 Å². The number of carboxylic acids is 2. The first-order valence-electron chi connectivity index (χ1n) is 6.14. The summed E-state index contributed by atoms with van der Waals surface area (Å²) in [6.07, 6.45) is 0. The maximum absolute atomic E-state index is 10.8. The molecule has 0 heterocycles. The molecule has 0 saturated heterocycles. The lowest BCUT2D eigenvalue weighted by molar-refractivity contribution is -0.142. The largest absolute Gasteiger partial charge is 0.480 e. The normalized spacial score (nSPS) is 10.9. The fourth-order valence-electron chi connectivity index (χ4n) is 2.03. The molecule has 104 valence electrons. The Morgan fingerprint density at radius 1 is 1.11 bits per heavy atom. The molecule has 1 rings (SSSR count). The molecule has 0 aromatic heterocycles. The van der Waals surface area contributed by atoms with Crippen molar-refractivity contribution in [3.05, 3.63) is 35.4 Å². The van der Waals surface area contributed by atoms with Crippen molar-refractivity contribution in [2.45, 2.75) is 26.3 Å². The van der Waals surface area contributed by atoms with E-state index in [4.69, 9.17) is 10.2 Å². The van der Waals surface area contributed by atoms with E-state index in [9.17, 15) is 9.59 Å². The first-order chi connectivity index (χ1) is 8.90. The molecule has 0 atom stereocenters.